The minimum atomic E-state index is 0.304. The molecule has 2 aromatic rings. The number of halogens is 3. The first-order chi connectivity index (χ1) is 8.00. The Hall–Kier alpha value is -0.700. The standard InChI is InChI=1S/C12H11Cl3N2/c1-7(2)17-6-16-5-12(17)8-3-10(14)11(15)4-9(8)13/h3-7H,1-2H3. The summed E-state index contributed by atoms with van der Waals surface area (Å²) in [5.41, 5.74) is 1.77. The molecule has 0 radical (unpaired) electrons. The lowest BCUT2D eigenvalue weighted by atomic mass is 10.1. The van der Waals surface area contributed by atoms with E-state index in [9.17, 15) is 0 Å². The first kappa shape index (κ1) is 12.7. The summed E-state index contributed by atoms with van der Waals surface area (Å²) in [4.78, 5) is 4.14. The van der Waals surface area contributed by atoms with Gasteiger partial charge in [0.2, 0.25) is 0 Å². The molecular formula is C12H11Cl3N2. The highest BCUT2D eigenvalue weighted by atomic mass is 35.5. The van der Waals surface area contributed by atoms with Gasteiger partial charge < -0.3 is 4.57 Å². The maximum atomic E-state index is 6.19. The lowest BCUT2D eigenvalue weighted by molar-refractivity contribution is 0.605. The number of rotatable bonds is 2. The van der Waals surface area contributed by atoms with Crippen molar-refractivity contribution < 1.29 is 0 Å². The average molecular weight is 290 g/mol. The maximum absolute atomic E-state index is 6.19. The number of hydrogen-bond donors (Lipinski definition) is 0. The molecule has 0 aliphatic heterocycles. The van der Waals surface area contributed by atoms with Crippen LogP contribution in [0.15, 0.2) is 24.7 Å². The first-order valence-corrected chi connectivity index (χ1v) is 6.31. The second-order valence-electron chi connectivity index (χ2n) is 4.03. The van der Waals surface area contributed by atoms with E-state index in [0.717, 1.165) is 11.3 Å². The van der Waals surface area contributed by atoms with E-state index < -0.39 is 0 Å². The molecule has 0 atom stereocenters. The van der Waals surface area contributed by atoms with Gasteiger partial charge in [0.05, 0.1) is 33.3 Å². The first-order valence-electron chi connectivity index (χ1n) is 5.17. The van der Waals surface area contributed by atoms with Crippen LogP contribution in [-0.4, -0.2) is 9.55 Å². The topological polar surface area (TPSA) is 17.8 Å². The number of imidazole rings is 1. The molecule has 1 aromatic carbocycles. The van der Waals surface area contributed by atoms with Crippen LogP contribution in [-0.2, 0) is 0 Å². The predicted octanol–water partition coefficient (Wildman–Crippen LogP) is 5.09. The van der Waals surface area contributed by atoms with Crippen LogP contribution >= 0.6 is 34.8 Å². The highest BCUT2D eigenvalue weighted by Crippen LogP contribution is 2.35. The molecule has 2 nitrogen and oxygen atoms in total. The molecule has 0 amide bonds. The quantitative estimate of drug-likeness (QED) is 0.704. The minimum Gasteiger partial charge on any atom is -0.328 e. The molecule has 2 rings (SSSR count). The van der Waals surface area contributed by atoms with Crippen LogP contribution in [0.3, 0.4) is 0 Å². The summed E-state index contributed by atoms with van der Waals surface area (Å²) in [5.74, 6) is 0. The fraction of sp³-hybridized carbons (Fsp3) is 0.250. The second kappa shape index (κ2) is 4.89. The van der Waals surface area contributed by atoms with Gasteiger partial charge in [0.25, 0.3) is 0 Å². The molecular weight excluding hydrogens is 279 g/mol. The third kappa shape index (κ3) is 2.44. The molecule has 0 unspecified atom stereocenters. The molecule has 5 heteroatoms. The minimum absolute atomic E-state index is 0.304. The van der Waals surface area contributed by atoms with Gasteiger partial charge in [-0.2, -0.15) is 0 Å². The van der Waals surface area contributed by atoms with Crippen molar-refractivity contribution in [3.8, 4) is 11.3 Å². The molecule has 0 aliphatic rings. The largest absolute Gasteiger partial charge is 0.328 e. The monoisotopic (exact) mass is 288 g/mol. The number of nitrogens with zero attached hydrogens (tertiary/aromatic N) is 2. The van der Waals surface area contributed by atoms with Crippen molar-refractivity contribution in [2.45, 2.75) is 19.9 Å². The lowest BCUT2D eigenvalue weighted by Gasteiger charge is -2.13. The van der Waals surface area contributed by atoms with E-state index in [-0.39, 0.29) is 0 Å². The van der Waals surface area contributed by atoms with E-state index >= 15 is 0 Å². The molecule has 0 spiro atoms. The summed E-state index contributed by atoms with van der Waals surface area (Å²) in [6, 6.07) is 3.72. The summed E-state index contributed by atoms with van der Waals surface area (Å²) in [7, 11) is 0. The van der Waals surface area contributed by atoms with Gasteiger partial charge >= 0.3 is 0 Å². The van der Waals surface area contributed by atoms with Crippen molar-refractivity contribution in [1.82, 2.24) is 9.55 Å². The van der Waals surface area contributed by atoms with Crippen molar-refractivity contribution >= 4 is 34.8 Å². The van der Waals surface area contributed by atoms with Gasteiger partial charge in [-0.3, -0.25) is 0 Å². The van der Waals surface area contributed by atoms with Crippen molar-refractivity contribution in [2.75, 3.05) is 0 Å². The van der Waals surface area contributed by atoms with Gasteiger partial charge in [0, 0.05) is 11.6 Å². The molecule has 0 aliphatic carbocycles. The summed E-state index contributed by atoms with van der Waals surface area (Å²) in [6.45, 7) is 4.16. The van der Waals surface area contributed by atoms with Gasteiger partial charge in [-0.1, -0.05) is 34.8 Å². The highest BCUT2D eigenvalue weighted by Gasteiger charge is 2.13. The summed E-state index contributed by atoms with van der Waals surface area (Å²) < 4.78 is 2.03. The molecule has 0 fully saturated rings. The fourth-order valence-corrected chi connectivity index (χ4v) is 2.29. The Bertz CT molecular complexity index is 547. The number of benzene rings is 1. The van der Waals surface area contributed by atoms with Crippen LogP contribution < -0.4 is 0 Å². The van der Waals surface area contributed by atoms with Crippen LogP contribution in [0.1, 0.15) is 19.9 Å². The van der Waals surface area contributed by atoms with Gasteiger partial charge in [0.1, 0.15) is 0 Å². The van der Waals surface area contributed by atoms with Gasteiger partial charge in [-0.15, -0.1) is 0 Å². The summed E-state index contributed by atoms with van der Waals surface area (Å²) in [5, 5.41) is 1.51. The van der Waals surface area contributed by atoms with E-state index in [4.69, 9.17) is 34.8 Å². The predicted molar refractivity (Wildman–Crippen MR) is 73.1 cm³/mol. The second-order valence-corrected chi connectivity index (χ2v) is 5.25. The Morgan fingerprint density at radius 3 is 2.35 bits per heavy atom. The van der Waals surface area contributed by atoms with E-state index in [2.05, 4.69) is 18.8 Å². The fourth-order valence-electron chi connectivity index (χ4n) is 1.64. The Morgan fingerprint density at radius 1 is 1.06 bits per heavy atom. The van der Waals surface area contributed by atoms with Crippen LogP contribution in [0.5, 0.6) is 0 Å². The van der Waals surface area contributed by atoms with Gasteiger partial charge in [0.15, 0.2) is 0 Å². The van der Waals surface area contributed by atoms with Crippen LogP contribution in [0.25, 0.3) is 11.3 Å². The zero-order valence-electron chi connectivity index (χ0n) is 9.42. The van der Waals surface area contributed by atoms with E-state index in [1.54, 1.807) is 24.7 Å². The van der Waals surface area contributed by atoms with E-state index in [1.807, 2.05) is 4.57 Å². The van der Waals surface area contributed by atoms with Crippen LogP contribution in [0.4, 0.5) is 0 Å². The normalized spacial score (nSPS) is 11.2. The van der Waals surface area contributed by atoms with Crippen LogP contribution in [0, 0.1) is 0 Å². The maximum Gasteiger partial charge on any atom is 0.0953 e. The molecule has 0 N–H and O–H groups in total. The van der Waals surface area contributed by atoms with E-state index in [0.29, 0.717) is 21.1 Å². The SMILES string of the molecule is CC(C)n1cncc1-c1cc(Cl)c(Cl)cc1Cl. The summed E-state index contributed by atoms with van der Waals surface area (Å²) >= 11 is 18.1. The smallest absolute Gasteiger partial charge is 0.0953 e. The lowest BCUT2D eigenvalue weighted by Crippen LogP contribution is -2.01. The third-order valence-corrected chi connectivity index (χ3v) is 3.54. The summed E-state index contributed by atoms with van der Waals surface area (Å²) in [6.07, 6.45) is 3.55. The Balaban J connectivity index is 2.60. The third-order valence-electron chi connectivity index (χ3n) is 2.51. The van der Waals surface area contributed by atoms with E-state index in [1.165, 1.54) is 0 Å². The molecule has 17 heavy (non-hydrogen) atoms. The van der Waals surface area contributed by atoms with Crippen molar-refractivity contribution in [3.05, 3.63) is 39.7 Å². The van der Waals surface area contributed by atoms with Gasteiger partial charge in [-0.25, -0.2) is 4.98 Å². The van der Waals surface area contributed by atoms with Crippen molar-refractivity contribution in [3.63, 3.8) is 0 Å². The molecule has 1 aromatic heterocycles. The molecule has 0 saturated carbocycles. The Morgan fingerprint density at radius 2 is 1.71 bits per heavy atom. The zero-order valence-corrected chi connectivity index (χ0v) is 11.7. The molecule has 0 bridgehead atoms. The number of hydrogen-bond acceptors (Lipinski definition) is 1. The van der Waals surface area contributed by atoms with Crippen molar-refractivity contribution in [2.24, 2.45) is 0 Å². The van der Waals surface area contributed by atoms with Crippen molar-refractivity contribution in [1.29, 1.82) is 0 Å². The number of aromatic nitrogens is 2. The molecule has 1 heterocycles. The average Bonchev–Trinajstić information content (AvgIpc) is 2.72. The van der Waals surface area contributed by atoms with Crippen LogP contribution in [0.2, 0.25) is 15.1 Å². The Labute approximate surface area is 115 Å². The zero-order chi connectivity index (χ0) is 12.6. The molecule has 0 saturated heterocycles. The van der Waals surface area contributed by atoms with Gasteiger partial charge in [-0.05, 0) is 26.0 Å². The highest BCUT2D eigenvalue weighted by molar-refractivity contribution is 6.44. The molecule has 90 valence electrons. The Kier molecular flexibility index (Phi) is 3.67.